The molecule has 2 aliphatic heterocycles. The van der Waals surface area contributed by atoms with Gasteiger partial charge in [0.15, 0.2) is 23.3 Å². The first kappa shape index (κ1) is 15.4. The molecule has 2 bridgehead atoms. The molecule has 9 heteroatoms. The Labute approximate surface area is 125 Å². The highest BCUT2D eigenvalue weighted by Crippen LogP contribution is 2.41. The van der Waals surface area contributed by atoms with Crippen LogP contribution in [0.2, 0.25) is 0 Å². The highest BCUT2D eigenvalue weighted by atomic mass is 19.2. The van der Waals surface area contributed by atoms with Crippen molar-refractivity contribution in [1.29, 1.82) is 0 Å². The molecule has 0 saturated carbocycles. The molecule has 0 spiro atoms. The van der Waals surface area contributed by atoms with E-state index < -0.39 is 52.6 Å². The Bertz CT molecular complexity index is 760. The van der Waals surface area contributed by atoms with Crippen LogP contribution in [0.25, 0.3) is 0 Å². The van der Waals surface area contributed by atoms with Crippen LogP contribution in [-0.2, 0) is 4.79 Å². The summed E-state index contributed by atoms with van der Waals surface area (Å²) < 4.78 is 66.8. The van der Waals surface area contributed by atoms with Crippen molar-refractivity contribution >= 4 is 11.9 Å². The highest BCUT2D eigenvalue weighted by Gasteiger charge is 2.45. The van der Waals surface area contributed by atoms with E-state index in [1.165, 1.54) is 0 Å². The molecule has 1 fully saturated rings. The van der Waals surface area contributed by atoms with Crippen LogP contribution in [0.3, 0.4) is 0 Å². The van der Waals surface area contributed by atoms with Gasteiger partial charge in [0, 0.05) is 6.54 Å². The number of amides is 1. The van der Waals surface area contributed by atoms with Gasteiger partial charge in [0.2, 0.25) is 5.82 Å². The minimum absolute atomic E-state index is 0.0465. The maximum Gasteiger partial charge on any atom is 0.333 e. The number of carbonyl (C=O) groups excluding carboxylic acids is 1. The second kappa shape index (κ2) is 5.04. The third-order valence-corrected chi connectivity index (χ3v) is 4.10. The van der Waals surface area contributed by atoms with Gasteiger partial charge in [-0.05, 0) is 12.8 Å². The van der Waals surface area contributed by atoms with Crippen molar-refractivity contribution < 1.29 is 36.6 Å². The van der Waals surface area contributed by atoms with Gasteiger partial charge in [-0.1, -0.05) is 5.57 Å². The molecular weight excluding hydrogens is 325 g/mol. The lowest BCUT2D eigenvalue weighted by atomic mass is 9.76. The minimum Gasteiger partial charge on any atom is -0.478 e. The summed E-state index contributed by atoms with van der Waals surface area (Å²) in [6.45, 7) is -0.0465. The molecule has 1 amide bonds. The van der Waals surface area contributed by atoms with Gasteiger partial charge >= 0.3 is 5.97 Å². The van der Waals surface area contributed by atoms with Crippen LogP contribution in [0.4, 0.5) is 22.0 Å². The summed E-state index contributed by atoms with van der Waals surface area (Å²) >= 11 is 0. The van der Waals surface area contributed by atoms with E-state index in [0.717, 1.165) is 4.90 Å². The lowest BCUT2D eigenvalue weighted by Gasteiger charge is -2.45. The van der Waals surface area contributed by atoms with Gasteiger partial charge in [0.05, 0.1) is 11.6 Å². The summed E-state index contributed by atoms with van der Waals surface area (Å²) in [5.74, 6) is -13.9. The van der Waals surface area contributed by atoms with Gasteiger partial charge in [-0.15, -0.1) is 0 Å². The quantitative estimate of drug-likeness (QED) is 0.514. The number of aliphatic carboxylic acids is 1. The van der Waals surface area contributed by atoms with E-state index in [9.17, 15) is 31.5 Å². The van der Waals surface area contributed by atoms with Gasteiger partial charge in [-0.3, -0.25) is 4.79 Å². The van der Waals surface area contributed by atoms with Crippen molar-refractivity contribution in [2.75, 3.05) is 6.54 Å². The molecule has 1 saturated heterocycles. The summed E-state index contributed by atoms with van der Waals surface area (Å²) in [5, 5.41) is 9.03. The average Bonchev–Trinajstić information content (AvgIpc) is 2.50. The normalized spacial score (nSPS) is 19.7. The summed E-state index contributed by atoms with van der Waals surface area (Å²) in [4.78, 5) is 24.1. The molecule has 4 nitrogen and oxygen atoms in total. The molecule has 23 heavy (non-hydrogen) atoms. The Kier molecular flexibility index (Phi) is 3.38. The molecule has 1 atom stereocenters. The number of halogens is 5. The van der Waals surface area contributed by atoms with Crippen molar-refractivity contribution in [2.45, 2.75) is 18.9 Å². The number of piperidine rings is 1. The fraction of sp³-hybridized carbons (Fsp3) is 0.286. The molecular formula is C14H8F5NO3. The van der Waals surface area contributed by atoms with E-state index in [1.54, 1.807) is 0 Å². The molecule has 1 unspecified atom stereocenters. The molecule has 2 heterocycles. The molecule has 1 aromatic carbocycles. The zero-order chi connectivity index (χ0) is 17.0. The number of benzene rings is 1. The van der Waals surface area contributed by atoms with Crippen molar-refractivity contribution in [2.24, 2.45) is 0 Å². The predicted molar refractivity (Wildman–Crippen MR) is 65.0 cm³/mol. The van der Waals surface area contributed by atoms with E-state index in [-0.39, 0.29) is 25.0 Å². The smallest absolute Gasteiger partial charge is 0.333 e. The fourth-order valence-electron chi connectivity index (χ4n) is 2.94. The molecule has 3 aliphatic rings. The predicted octanol–water partition coefficient (Wildman–Crippen LogP) is 2.38. The third kappa shape index (κ3) is 2.02. The largest absolute Gasteiger partial charge is 0.478 e. The number of carboxylic acids is 1. The molecule has 1 N–H and O–H groups in total. The zero-order valence-electron chi connectivity index (χ0n) is 11.3. The van der Waals surface area contributed by atoms with E-state index in [0.29, 0.717) is 5.57 Å². The second-order valence-corrected chi connectivity index (χ2v) is 5.24. The van der Waals surface area contributed by atoms with Crippen LogP contribution in [0, 0.1) is 29.1 Å². The molecule has 4 rings (SSSR count). The summed E-state index contributed by atoms with van der Waals surface area (Å²) in [5.41, 5.74) is -1.01. The second-order valence-electron chi connectivity index (χ2n) is 5.24. The van der Waals surface area contributed by atoms with E-state index in [2.05, 4.69) is 0 Å². The number of hydrogen-bond acceptors (Lipinski definition) is 2. The number of carbonyl (C=O) groups is 2. The van der Waals surface area contributed by atoms with Crippen LogP contribution in [0.1, 0.15) is 23.2 Å². The first-order valence-corrected chi connectivity index (χ1v) is 6.53. The summed E-state index contributed by atoms with van der Waals surface area (Å²) in [7, 11) is 0. The molecule has 122 valence electrons. The van der Waals surface area contributed by atoms with Crippen molar-refractivity contribution in [3.05, 3.63) is 45.8 Å². The number of hydrogen-bond donors (Lipinski definition) is 1. The molecule has 0 radical (unpaired) electrons. The van der Waals surface area contributed by atoms with Crippen molar-refractivity contribution in [1.82, 2.24) is 4.90 Å². The monoisotopic (exact) mass is 333 g/mol. The van der Waals surface area contributed by atoms with Gasteiger partial charge < -0.3 is 10.0 Å². The first-order valence-electron chi connectivity index (χ1n) is 6.53. The highest BCUT2D eigenvalue weighted by molar-refractivity contribution is 5.99. The van der Waals surface area contributed by atoms with Gasteiger partial charge in [-0.2, -0.15) is 0 Å². The molecule has 1 aliphatic carbocycles. The van der Waals surface area contributed by atoms with Crippen LogP contribution < -0.4 is 0 Å². The lowest BCUT2D eigenvalue weighted by molar-refractivity contribution is -0.134. The van der Waals surface area contributed by atoms with Gasteiger partial charge in [0.1, 0.15) is 5.56 Å². The van der Waals surface area contributed by atoms with Gasteiger partial charge in [0.25, 0.3) is 5.91 Å². The Hall–Kier alpha value is -2.45. The summed E-state index contributed by atoms with van der Waals surface area (Å²) in [6, 6.07) is -0.918. The van der Waals surface area contributed by atoms with Crippen molar-refractivity contribution in [3.63, 3.8) is 0 Å². The molecule has 1 aromatic rings. The standard InChI is InChI=1S/C14H8F5NO3/c15-8-7(9(16)11(18)12(19)10(8)17)13(21)20-2-1-4-3-5(20)6(4)14(22)23/h5H,1-3H2,(H,22,23). The van der Waals surface area contributed by atoms with E-state index >= 15 is 0 Å². The van der Waals surface area contributed by atoms with Crippen LogP contribution in [0.5, 0.6) is 0 Å². The Balaban J connectivity index is 2.03. The van der Waals surface area contributed by atoms with Gasteiger partial charge in [-0.25, -0.2) is 26.7 Å². The zero-order valence-corrected chi connectivity index (χ0v) is 11.3. The number of nitrogens with zero attached hydrogens (tertiary/aromatic N) is 1. The van der Waals surface area contributed by atoms with Crippen molar-refractivity contribution in [3.8, 4) is 0 Å². The maximum atomic E-state index is 13.7. The van der Waals surface area contributed by atoms with Crippen LogP contribution in [-0.4, -0.2) is 34.5 Å². The van der Waals surface area contributed by atoms with E-state index in [1.807, 2.05) is 0 Å². The molecule has 0 aromatic heterocycles. The van der Waals surface area contributed by atoms with Crippen LogP contribution >= 0.6 is 0 Å². The SMILES string of the molecule is O=C(O)C1=C2CCN(C(=O)c3c(F)c(F)c(F)c(F)c3F)C1C2. The Morgan fingerprint density at radius 2 is 1.48 bits per heavy atom. The minimum atomic E-state index is -2.35. The fourth-order valence-corrected chi connectivity index (χ4v) is 2.94. The lowest BCUT2D eigenvalue weighted by Crippen LogP contribution is -2.53. The van der Waals surface area contributed by atoms with Crippen LogP contribution in [0.15, 0.2) is 11.1 Å². The number of fused-ring (bicyclic) bond motifs is 2. The summed E-state index contributed by atoms with van der Waals surface area (Å²) in [6.07, 6.45) is 0.391. The Morgan fingerprint density at radius 3 is 1.96 bits per heavy atom. The topological polar surface area (TPSA) is 57.6 Å². The maximum absolute atomic E-state index is 13.7. The Morgan fingerprint density at radius 1 is 0.957 bits per heavy atom. The number of rotatable bonds is 2. The average molecular weight is 333 g/mol. The van der Waals surface area contributed by atoms with E-state index in [4.69, 9.17) is 5.11 Å². The first-order chi connectivity index (χ1) is 10.8. The number of carboxylic acid groups (broad SMARTS) is 1. The third-order valence-electron chi connectivity index (χ3n) is 4.10.